The fraction of sp³-hybridized carbons (Fsp3) is 0.846. The molecule has 0 saturated heterocycles. The summed E-state index contributed by atoms with van der Waals surface area (Å²) < 4.78 is 0. The van der Waals surface area contributed by atoms with E-state index in [0.717, 1.165) is 6.04 Å². The molecule has 2 fully saturated rings. The molecule has 0 aromatic carbocycles. The van der Waals surface area contributed by atoms with Crippen LogP contribution in [0, 0.1) is 14.9 Å². The smallest absolute Gasteiger partial charge is 0.358 e. The van der Waals surface area contributed by atoms with Crippen molar-refractivity contribution >= 4 is 0 Å². The molecule has 1 nitrogen and oxygen atoms in total. The van der Waals surface area contributed by atoms with Crippen LogP contribution >= 0.6 is 0 Å². The van der Waals surface area contributed by atoms with Gasteiger partial charge in [-0.25, -0.2) is 0 Å². The van der Waals surface area contributed by atoms with Crippen molar-refractivity contribution in [3.05, 3.63) is 14.9 Å². The van der Waals surface area contributed by atoms with Gasteiger partial charge in [0, 0.05) is 6.04 Å². The standard InChI is InChI=1S/C6H13N.C5H10.2CH3.Fe/c1-7-6-4-2-3-5-6;1-2-4-5-3-1;;;/h6-7H,2-5H2,1H3;1-5H2;2*1H3;/q;;2*-1;+2. The molecule has 0 bridgehead atoms. The molecule has 2 aliphatic rings. The molecule has 0 atom stereocenters. The van der Waals surface area contributed by atoms with Crippen molar-refractivity contribution in [1.29, 1.82) is 0 Å². The third-order valence-electron chi connectivity index (χ3n) is 3.01. The third kappa shape index (κ3) is 10.8. The van der Waals surface area contributed by atoms with Crippen molar-refractivity contribution in [2.24, 2.45) is 0 Å². The zero-order valence-corrected chi connectivity index (χ0v) is 11.9. The molecule has 1 N–H and O–H groups in total. The molecule has 0 aromatic heterocycles. The molecule has 0 aromatic rings. The summed E-state index contributed by atoms with van der Waals surface area (Å²) in [5, 5.41) is 3.26. The van der Waals surface area contributed by atoms with Crippen LogP contribution in [-0.2, 0) is 17.1 Å². The molecule has 2 heteroatoms. The molecule has 2 aliphatic carbocycles. The van der Waals surface area contributed by atoms with Crippen LogP contribution < -0.4 is 5.32 Å². The van der Waals surface area contributed by atoms with Gasteiger partial charge in [0.05, 0.1) is 0 Å². The van der Waals surface area contributed by atoms with E-state index in [0.29, 0.717) is 0 Å². The number of hydrogen-bond acceptors (Lipinski definition) is 1. The van der Waals surface area contributed by atoms with Gasteiger partial charge in [-0.15, -0.1) is 0 Å². The van der Waals surface area contributed by atoms with Gasteiger partial charge in [0.25, 0.3) is 0 Å². The van der Waals surface area contributed by atoms with Crippen molar-refractivity contribution in [2.75, 3.05) is 7.05 Å². The minimum absolute atomic E-state index is 0. The van der Waals surface area contributed by atoms with Gasteiger partial charge in [0.1, 0.15) is 0 Å². The molecule has 0 aliphatic heterocycles. The SMILES string of the molecule is C1CCCC1.CNC1CCCC1.[CH3-].[CH3-].[Fe+2]. The van der Waals surface area contributed by atoms with Gasteiger partial charge < -0.3 is 20.2 Å². The van der Waals surface area contributed by atoms with Crippen molar-refractivity contribution < 1.29 is 17.1 Å². The Balaban J connectivity index is -0.000000165. The fourth-order valence-corrected chi connectivity index (χ4v) is 2.10. The average Bonchev–Trinajstić information content (AvgIpc) is 2.81. The van der Waals surface area contributed by atoms with E-state index in [2.05, 4.69) is 12.4 Å². The van der Waals surface area contributed by atoms with E-state index in [1.807, 2.05) is 0 Å². The molecule has 2 rings (SSSR count). The molecule has 0 spiro atoms. The maximum absolute atomic E-state index is 3.26. The predicted molar refractivity (Wildman–Crippen MR) is 67.2 cm³/mol. The summed E-state index contributed by atoms with van der Waals surface area (Å²) in [4.78, 5) is 0. The van der Waals surface area contributed by atoms with Gasteiger partial charge in [-0.3, -0.25) is 0 Å². The Morgan fingerprint density at radius 3 is 1.27 bits per heavy atom. The zero-order chi connectivity index (χ0) is 8.65. The maximum atomic E-state index is 3.26. The number of nitrogens with one attached hydrogen (secondary N) is 1. The van der Waals surface area contributed by atoms with Crippen LogP contribution in [0.15, 0.2) is 0 Å². The predicted octanol–water partition coefficient (Wildman–Crippen LogP) is 4.00. The quantitative estimate of drug-likeness (QED) is 0.551. The minimum atomic E-state index is 0. The summed E-state index contributed by atoms with van der Waals surface area (Å²) in [6, 6.07) is 0.847. The minimum Gasteiger partial charge on any atom is -0.358 e. The van der Waals surface area contributed by atoms with E-state index in [4.69, 9.17) is 0 Å². The summed E-state index contributed by atoms with van der Waals surface area (Å²) in [7, 11) is 2.05. The largest absolute Gasteiger partial charge is 2.00 e. The van der Waals surface area contributed by atoms with Crippen LogP contribution in [0.5, 0.6) is 0 Å². The molecule has 2 saturated carbocycles. The topological polar surface area (TPSA) is 12.0 Å². The van der Waals surface area contributed by atoms with Crippen LogP contribution in [0.1, 0.15) is 57.8 Å². The van der Waals surface area contributed by atoms with E-state index in [1.54, 1.807) is 0 Å². The Bertz CT molecular complexity index is 89.1. The van der Waals surface area contributed by atoms with Crippen LogP contribution in [0.4, 0.5) is 0 Å². The first kappa shape index (κ1) is 20.8. The van der Waals surface area contributed by atoms with Crippen LogP contribution in [0.3, 0.4) is 0 Å². The molecule has 0 amide bonds. The van der Waals surface area contributed by atoms with Crippen molar-refractivity contribution in [2.45, 2.75) is 63.8 Å². The molecular formula is C13H29FeN. The second-order valence-electron chi connectivity index (χ2n) is 4.04. The Morgan fingerprint density at radius 2 is 1.07 bits per heavy atom. The van der Waals surface area contributed by atoms with Gasteiger partial charge in [0.2, 0.25) is 0 Å². The van der Waals surface area contributed by atoms with Gasteiger partial charge >= 0.3 is 17.1 Å². The van der Waals surface area contributed by atoms with Gasteiger partial charge in [-0.2, -0.15) is 0 Å². The second-order valence-corrected chi connectivity index (χ2v) is 4.04. The van der Waals surface area contributed by atoms with Crippen molar-refractivity contribution in [3.8, 4) is 0 Å². The van der Waals surface area contributed by atoms with Crippen molar-refractivity contribution in [3.63, 3.8) is 0 Å². The molecule has 0 heterocycles. The second kappa shape index (κ2) is 14.5. The Hall–Kier alpha value is 0.479. The fourth-order valence-electron chi connectivity index (χ4n) is 2.10. The summed E-state index contributed by atoms with van der Waals surface area (Å²) in [5.74, 6) is 0. The van der Waals surface area contributed by atoms with E-state index in [9.17, 15) is 0 Å². The molecule has 15 heavy (non-hydrogen) atoms. The molecule has 0 unspecified atom stereocenters. The summed E-state index contributed by atoms with van der Waals surface area (Å²) in [6.45, 7) is 0. The summed E-state index contributed by atoms with van der Waals surface area (Å²) in [6.07, 6.45) is 13.2. The Kier molecular flexibility index (Phi) is 20.1. The Labute approximate surface area is 108 Å². The Morgan fingerprint density at radius 1 is 0.733 bits per heavy atom. The summed E-state index contributed by atoms with van der Waals surface area (Å²) in [5.41, 5.74) is 0. The van der Waals surface area contributed by atoms with Gasteiger partial charge in [-0.1, -0.05) is 44.9 Å². The third-order valence-corrected chi connectivity index (χ3v) is 3.01. The van der Waals surface area contributed by atoms with Crippen LogP contribution in [-0.4, -0.2) is 13.1 Å². The van der Waals surface area contributed by atoms with Gasteiger partial charge in [0.15, 0.2) is 0 Å². The monoisotopic (exact) mass is 255 g/mol. The van der Waals surface area contributed by atoms with E-state index < -0.39 is 0 Å². The maximum Gasteiger partial charge on any atom is 2.00 e. The first-order valence-corrected chi connectivity index (χ1v) is 5.61. The normalized spacial score (nSPS) is 19.0. The first-order valence-electron chi connectivity index (χ1n) is 5.61. The number of rotatable bonds is 1. The molecular weight excluding hydrogens is 226 g/mol. The van der Waals surface area contributed by atoms with Crippen LogP contribution in [0.25, 0.3) is 0 Å². The first-order chi connectivity index (χ1) is 5.93. The van der Waals surface area contributed by atoms with Gasteiger partial charge in [-0.05, 0) is 19.9 Å². The zero-order valence-electron chi connectivity index (χ0n) is 10.8. The van der Waals surface area contributed by atoms with E-state index in [1.165, 1.54) is 57.8 Å². The summed E-state index contributed by atoms with van der Waals surface area (Å²) >= 11 is 0. The van der Waals surface area contributed by atoms with E-state index in [-0.39, 0.29) is 31.9 Å². The molecule has 0 radical (unpaired) electrons. The average molecular weight is 255 g/mol. The molecule has 94 valence electrons. The van der Waals surface area contributed by atoms with E-state index >= 15 is 0 Å². The van der Waals surface area contributed by atoms with Crippen LogP contribution in [0.2, 0.25) is 0 Å². The number of hydrogen-bond donors (Lipinski definition) is 1. The van der Waals surface area contributed by atoms with Crippen molar-refractivity contribution in [1.82, 2.24) is 5.32 Å².